The third kappa shape index (κ3) is 3.37. The number of halogens is 5. The Morgan fingerprint density at radius 1 is 1.00 bits per heavy atom. The second-order valence-corrected chi connectivity index (χ2v) is 3.11. The Bertz CT molecular complexity index is 548. The Morgan fingerprint density at radius 3 is 1.90 bits per heavy atom. The van der Waals surface area contributed by atoms with Crippen LogP contribution in [0.2, 0.25) is 0 Å². The van der Waals surface area contributed by atoms with Gasteiger partial charge in [0.15, 0.2) is 23.3 Å². The van der Waals surface area contributed by atoms with Crippen LogP contribution in [-0.4, -0.2) is 27.9 Å². The maximum Gasteiger partial charge on any atom is 0.232 e. The van der Waals surface area contributed by atoms with Crippen LogP contribution in [0.25, 0.3) is 0 Å². The van der Waals surface area contributed by atoms with Gasteiger partial charge in [0.1, 0.15) is 0 Å². The Balaban J connectivity index is 3.11. The number of nitrogens with one attached hydrogen (secondary N) is 1. The fourth-order valence-electron chi connectivity index (χ4n) is 1.01. The fraction of sp³-hybridized carbons (Fsp3) is 0. The molecule has 110 valence electrons. The molecule has 0 aliphatic heterocycles. The summed E-state index contributed by atoms with van der Waals surface area (Å²) in [6.45, 7) is 0. The van der Waals surface area contributed by atoms with E-state index in [-0.39, 0.29) is 6.21 Å². The lowest BCUT2D eigenvalue weighted by atomic mass is 10.2. The number of rotatable bonds is 3. The molecule has 1 aromatic carbocycles. The van der Waals surface area contributed by atoms with Crippen LogP contribution in [0.4, 0.5) is 22.0 Å². The van der Waals surface area contributed by atoms with Crippen molar-refractivity contribution in [3.05, 3.63) is 34.6 Å². The molecule has 5 N–H and O–H groups in total. The van der Waals surface area contributed by atoms with Crippen LogP contribution in [0.1, 0.15) is 5.56 Å². The number of guanidine groups is 1. The SMILES string of the molecule is NC(=NN=Cc1c(F)c(F)c(F)c(F)c1F)NN(O)O. The average molecular weight is 299 g/mol. The monoisotopic (exact) mass is 299 g/mol. The van der Waals surface area contributed by atoms with Gasteiger partial charge in [0, 0.05) is 5.34 Å². The summed E-state index contributed by atoms with van der Waals surface area (Å²) in [5.41, 5.74) is 5.19. The molecule has 0 aliphatic carbocycles. The summed E-state index contributed by atoms with van der Waals surface area (Å²) in [5, 5.41) is 21.7. The van der Waals surface area contributed by atoms with E-state index in [4.69, 9.17) is 16.1 Å². The zero-order valence-corrected chi connectivity index (χ0v) is 9.28. The van der Waals surface area contributed by atoms with Crippen molar-refractivity contribution in [2.45, 2.75) is 0 Å². The van der Waals surface area contributed by atoms with Crippen LogP contribution >= 0.6 is 0 Å². The first-order valence-electron chi connectivity index (χ1n) is 4.58. The van der Waals surface area contributed by atoms with E-state index in [1.165, 1.54) is 0 Å². The molecule has 12 heteroatoms. The highest BCUT2D eigenvalue weighted by atomic mass is 19.2. The van der Waals surface area contributed by atoms with Crippen LogP contribution in [0.15, 0.2) is 10.2 Å². The Hall–Kier alpha value is -2.31. The molecular formula is C8H6F5N5O2. The summed E-state index contributed by atoms with van der Waals surface area (Å²) in [5.74, 6) is -11.5. The summed E-state index contributed by atoms with van der Waals surface area (Å²) in [6.07, 6.45) is 0.212. The highest BCUT2D eigenvalue weighted by Gasteiger charge is 2.24. The minimum absolute atomic E-state index is 0.212. The average Bonchev–Trinajstić information content (AvgIpc) is 2.37. The third-order valence-electron chi connectivity index (χ3n) is 1.81. The first kappa shape index (κ1) is 15.7. The van der Waals surface area contributed by atoms with E-state index < -0.39 is 45.9 Å². The molecule has 0 spiro atoms. The van der Waals surface area contributed by atoms with Crippen molar-refractivity contribution in [1.82, 2.24) is 10.8 Å². The lowest BCUT2D eigenvalue weighted by molar-refractivity contribution is -0.329. The molecule has 0 atom stereocenters. The van der Waals surface area contributed by atoms with E-state index >= 15 is 0 Å². The van der Waals surface area contributed by atoms with Crippen molar-refractivity contribution in [3.8, 4) is 0 Å². The first-order chi connectivity index (χ1) is 9.25. The van der Waals surface area contributed by atoms with E-state index in [1.54, 1.807) is 5.43 Å². The molecule has 1 rings (SSSR count). The number of nitrogens with zero attached hydrogens (tertiary/aromatic N) is 3. The highest BCUT2D eigenvalue weighted by molar-refractivity contribution is 5.82. The fourth-order valence-corrected chi connectivity index (χ4v) is 1.01. The number of hydrogen-bond donors (Lipinski definition) is 4. The maximum atomic E-state index is 13.1. The van der Waals surface area contributed by atoms with Crippen molar-refractivity contribution in [2.75, 3.05) is 0 Å². The van der Waals surface area contributed by atoms with Gasteiger partial charge in [-0.25, -0.2) is 27.4 Å². The van der Waals surface area contributed by atoms with Gasteiger partial charge in [-0.05, 0) is 0 Å². The van der Waals surface area contributed by atoms with E-state index in [9.17, 15) is 22.0 Å². The summed E-state index contributed by atoms with van der Waals surface area (Å²) in [7, 11) is 0. The number of benzene rings is 1. The van der Waals surface area contributed by atoms with Gasteiger partial charge in [0.05, 0.1) is 11.8 Å². The first-order valence-corrected chi connectivity index (χ1v) is 4.58. The smallest absolute Gasteiger partial charge is 0.232 e. The topological polar surface area (TPSA) is 106 Å². The summed E-state index contributed by atoms with van der Waals surface area (Å²) >= 11 is 0. The molecule has 1 aromatic rings. The zero-order chi connectivity index (χ0) is 15.4. The lowest BCUT2D eigenvalue weighted by Crippen LogP contribution is -2.41. The molecule has 0 aliphatic rings. The second-order valence-electron chi connectivity index (χ2n) is 3.11. The Labute approximate surface area is 107 Å². The predicted octanol–water partition coefficient (Wildman–Crippen LogP) is 0.616. The number of hydrogen-bond acceptors (Lipinski definition) is 5. The van der Waals surface area contributed by atoms with E-state index in [0.717, 1.165) is 0 Å². The molecule has 7 nitrogen and oxygen atoms in total. The van der Waals surface area contributed by atoms with E-state index in [0.29, 0.717) is 0 Å². The van der Waals surface area contributed by atoms with E-state index in [1.807, 2.05) is 0 Å². The number of nitrogens with two attached hydrogens (primary N) is 1. The molecule has 0 saturated heterocycles. The van der Waals surface area contributed by atoms with Gasteiger partial charge in [-0.3, -0.25) is 10.4 Å². The summed E-state index contributed by atoms with van der Waals surface area (Å²) in [6, 6.07) is 0. The molecule has 0 aromatic heterocycles. The van der Waals surface area contributed by atoms with Crippen LogP contribution in [0, 0.1) is 29.1 Å². The van der Waals surface area contributed by atoms with Gasteiger partial charge in [-0.15, -0.1) is 5.10 Å². The Morgan fingerprint density at radius 2 is 1.45 bits per heavy atom. The van der Waals surface area contributed by atoms with Crippen molar-refractivity contribution in [3.63, 3.8) is 0 Å². The highest BCUT2D eigenvalue weighted by Crippen LogP contribution is 2.21. The van der Waals surface area contributed by atoms with Gasteiger partial charge in [0.25, 0.3) is 0 Å². The van der Waals surface area contributed by atoms with Crippen molar-refractivity contribution in [1.29, 1.82) is 0 Å². The van der Waals surface area contributed by atoms with Crippen LogP contribution in [-0.2, 0) is 0 Å². The second kappa shape index (κ2) is 6.23. The standard InChI is InChI=1S/C8H6F5N5O2/c9-3-2(1-15-16-8(14)17-18(19)20)4(10)6(12)7(13)5(3)11/h1,19-20H,(H3,14,16,17). The minimum atomic E-state index is -2.31. The molecule has 0 bridgehead atoms. The lowest BCUT2D eigenvalue weighted by Gasteiger charge is -2.06. The van der Waals surface area contributed by atoms with E-state index in [2.05, 4.69) is 10.2 Å². The maximum absolute atomic E-state index is 13.1. The number of hydrazine groups is 1. The molecule has 0 heterocycles. The summed E-state index contributed by atoms with van der Waals surface area (Å²) in [4.78, 5) is 0. The molecule has 0 amide bonds. The molecular weight excluding hydrogens is 293 g/mol. The van der Waals surface area contributed by atoms with Gasteiger partial charge in [-0.1, -0.05) is 0 Å². The quantitative estimate of drug-likeness (QED) is 0.163. The molecule has 20 heavy (non-hydrogen) atoms. The largest absolute Gasteiger partial charge is 0.367 e. The minimum Gasteiger partial charge on any atom is -0.367 e. The third-order valence-corrected chi connectivity index (χ3v) is 1.81. The molecule has 0 saturated carbocycles. The molecule has 0 radical (unpaired) electrons. The van der Waals surface area contributed by atoms with Gasteiger partial charge >= 0.3 is 0 Å². The van der Waals surface area contributed by atoms with Gasteiger partial charge in [0.2, 0.25) is 11.8 Å². The van der Waals surface area contributed by atoms with Crippen LogP contribution in [0.5, 0.6) is 0 Å². The molecule has 0 unspecified atom stereocenters. The predicted molar refractivity (Wildman–Crippen MR) is 54.0 cm³/mol. The zero-order valence-electron chi connectivity index (χ0n) is 9.28. The van der Waals surface area contributed by atoms with Crippen LogP contribution in [0.3, 0.4) is 0 Å². The normalized spacial score (nSPS) is 12.5. The summed E-state index contributed by atoms with van der Waals surface area (Å²) < 4.78 is 64.6. The van der Waals surface area contributed by atoms with Crippen LogP contribution < -0.4 is 11.2 Å². The van der Waals surface area contributed by atoms with Crippen molar-refractivity contribution >= 4 is 12.2 Å². The van der Waals surface area contributed by atoms with Gasteiger partial charge < -0.3 is 5.73 Å². The van der Waals surface area contributed by atoms with Crippen molar-refractivity contribution < 1.29 is 32.4 Å². The van der Waals surface area contributed by atoms with Gasteiger partial charge in [-0.2, -0.15) is 5.10 Å². The Kier molecular flexibility index (Phi) is 4.90. The molecule has 0 fully saturated rings. The van der Waals surface area contributed by atoms with Crippen molar-refractivity contribution in [2.24, 2.45) is 15.9 Å².